The molecule has 0 radical (unpaired) electrons. The van der Waals surface area contributed by atoms with Crippen molar-refractivity contribution in [3.8, 4) is 5.75 Å². The number of hydrogen-bond donors (Lipinski definition) is 1. The van der Waals surface area contributed by atoms with E-state index < -0.39 is 37.0 Å². The highest BCUT2D eigenvalue weighted by molar-refractivity contribution is 6.21. The third-order valence-electron chi connectivity index (χ3n) is 4.05. The molecule has 144 valence electrons. The highest BCUT2D eigenvalue weighted by atomic mass is 16.5. The van der Waals surface area contributed by atoms with Crippen LogP contribution in [0.15, 0.2) is 48.5 Å². The van der Waals surface area contributed by atoms with Crippen LogP contribution in [0.2, 0.25) is 0 Å². The van der Waals surface area contributed by atoms with Gasteiger partial charge in [-0.2, -0.15) is 0 Å². The number of nitrogens with one attached hydrogen (secondary N) is 1. The average molecular weight is 382 g/mol. The quantitative estimate of drug-likeness (QED) is 0.577. The second-order valence-electron chi connectivity index (χ2n) is 5.87. The molecule has 28 heavy (non-hydrogen) atoms. The smallest absolute Gasteiger partial charge is 0.327 e. The first-order valence-electron chi connectivity index (χ1n) is 8.63. The molecular formula is C20H18N2O6. The molecule has 0 saturated heterocycles. The van der Waals surface area contributed by atoms with Crippen molar-refractivity contribution in [1.29, 1.82) is 0 Å². The Morgan fingerprint density at radius 3 is 2.14 bits per heavy atom. The van der Waals surface area contributed by atoms with Crippen LogP contribution in [0.3, 0.4) is 0 Å². The summed E-state index contributed by atoms with van der Waals surface area (Å²) >= 11 is 0. The van der Waals surface area contributed by atoms with Gasteiger partial charge in [0.25, 0.3) is 17.7 Å². The summed E-state index contributed by atoms with van der Waals surface area (Å²) in [5, 5.41) is 2.42. The number of fused-ring (bicyclic) bond motifs is 1. The number of carbonyl (C=O) groups is 4. The summed E-state index contributed by atoms with van der Waals surface area (Å²) in [6.45, 7) is 1.47. The van der Waals surface area contributed by atoms with Gasteiger partial charge in [0.05, 0.1) is 17.7 Å². The Morgan fingerprint density at radius 2 is 1.57 bits per heavy atom. The van der Waals surface area contributed by atoms with Gasteiger partial charge in [-0.25, -0.2) is 4.90 Å². The molecule has 0 atom stereocenters. The van der Waals surface area contributed by atoms with E-state index in [9.17, 15) is 19.2 Å². The Bertz CT molecular complexity index is 888. The topological polar surface area (TPSA) is 102 Å². The van der Waals surface area contributed by atoms with Crippen LogP contribution in [0.1, 0.15) is 38.0 Å². The maximum absolute atomic E-state index is 12.2. The van der Waals surface area contributed by atoms with E-state index in [0.29, 0.717) is 17.9 Å². The summed E-state index contributed by atoms with van der Waals surface area (Å²) in [6, 6.07) is 12.8. The molecule has 3 amide bonds. The second-order valence-corrected chi connectivity index (χ2v) is 5.87. The summed E-state index contributed by atoms with van der Waals surface area (Å²) in [5.74, 6) is -1.63. The van der Waals surface area contributed by atoms with Crippen molar-refractivity contribution in [3.05, 3.63) is 65.2 Å². The van der Waals surface area contributed by atoms with Crippen LogP contribution < -0.4 is 10.1 Å². The van der Waals surface area contributed by atoms with Crippen LogP contribution in [-0.2, 0) is 9.53 Å². The molecule has 1 N–H and O–H groups in total. The van der Waals surface area contributed by atoms with E-state index in [1.54, 1.807) is 36.4 Å². The van der Waals surface area contributed by atoms with Crippen molar-refractivity contribution >= 4 is 23.7 Å². The van der Waals surface area contributed by atoms with Crippen molar-refractivity contribution in [2.24, 2.45) is 0 Å². The maximum atomic E-state index is 12.2. The summed E-state index contributed by atoms with van der Waals surface area (Å²) in [7, 11) is 0. The zero-order chi connectivity index (χ0) is 20.1. The predicted molar refractivity (Wildman–Crippen MR) is 97.8 cm³/mol. The Morgan fingerprint density at radius 1 is 0.964 bits per heavy atom. The third-order valence-corrected chi connectivity index (χ3v) is 4.05. The number of rotatable bonds is 7. The molecule has 1 aliphatic rings. The largest absolute Gasteiger partial charge is 0.494 e. The van der Waals surface area contributed by atoms with Gasteiger partial charge in [0.2, 0.25) is 0 Å². The van der Waals surface area contributed by atoms with Gasteiger partial charge in [-0.1, -0.05) is 12.1 Å². The molecule has 8 nitrogen and oxygen atoms in total. The molecule has 2 aromatic rings. The van der Waals surface area contributed by atoms with Gasteiger partial charge in [0, 0.05) is 5.56 Å². The number of ether oxygens (including phenoxy) is 2. The maximum Gasteiger partial charge on any atom is 0.327 e. The third kappa shape index (κ3) is 4.01. The summed E-state index contributed by atoms with van der Waals surface area (Å²) in [5.41, 5.74) is 0.899. The number of esters is 1. The fourth-order valence-electron chi connectivity index (χ4n) is 2.67. The minimum atomic E-state index is -0.768. The van der Waals surface area contributed by atoms with Gasteiger partial charge >= 0.3 is 5.97 Å². The molecule has 0 bridgehead atoms. The standard InChI is InChI=1S/C20H18N2O6/c1-2-27-14-9-7-13(8-10-14)18(24)21-11-17(23)28-12-22-19(25)15-5-3-4-6-16(15)20(22)26/h3-10H,2,11-12H2,1H3,(H,21,24). The lowest BCUT2D eigenvalue weighted by atomic mass is 10.1. The predicted octanol–water partition coefficient (Wildman–Crippen LogP) is 1.61. The molecule has 2 aromatic carbocycles. The van der Waals surface area contributed by atoms with Crippen molar-refractivity contribution in [1.82, 2.24) is 10.2 Å². The first-order chi connectivity index (χ1) is 13.5. The molecular weight excluding hydrogens is 364 g/mol. The first kappa shape index (κ1) is 19.1. The molecule has 8 heteroatoms. The number of amides is 3. The molecule has 0 aromatic heterocycles. The molecule has 0 saturated carbocycles. The van der Waals surface area contributed by atoms with E-state index >= 15 is 0 Å². The highest BCUT2D eigenvalue weighted by Gasteiger charge is 2.35. The Kier molecular flexibility index (Phi) is 5.69. The summed E-state index contributed by atoms with van der Waals surface area (Å²) < 4.78 is 10.2. The summed E-state index contributed by atoms with van der Waals surface area (Å²) in [6.07, 6.45) is 0. The van der Waals surface area contributed by atoms with Crippen LogP contribution in [0.5, 0.6) is 5.75 Å². The van der Waals surface area contributed by atoms with Crippen LogP contribution in [0.25, 0.3) is 0 Å². The van der Waals surface area contributed by atoms with Crippen molar-refractivity contribution in [2.45, 2.75) is 6.92 Å². The van der Waals surface area contributed by atoms with Gasteiger partial charge in [-0.3, -0.25) is 19.2 Å². The van der Waals surface area contributed by atoms with E-state index in [2.05, 4.69) is 5.32 Å². The number of carbonyl (C=O) groups excluding carboxylic acids is 4. The number of hydrogen-bond acceptors (Lipinski definition) is 6. The SMILES string of the molecule is CCOc1ccc(C(=O)NCC(=O)OCN2C(=O)c3ccccc3C2=O)cc1. The van der Waals surface area contributed by atoms with Crippen LogP contribution >= 0.6 is 0 Å². The average Bonchev–Trinajstić information content (AvgIpc) is 2.96. The van der Waals surface area contributed by atoms with Crippen LogP contribution in [0, 0.1) is 0 Å². The van der Waals surface area contributed by atoms with Gasteiger partial charge in [0.1, 0.15) is 12.3 Å². The minimum absolute atomic E-state index is 0.271. The van der Waals surface area contributed by atoms with E-state index in [1.807, 2.05) is 6.92 Å². The lowest BCUT2D eigenvalue weighted by molar-refractivity contribution is -0.145. The van der Waals surface area contributed by atoms with Gasteiger partial charge < -0.3 is 14.8 Å². The van der Waals surface area contributed by atoms with Crippen molar-refractivity contribution < 1.29 is 28.7 Å². The lowest BCUT2D eigenvalue weighted by Crippen LogP contribution is -2.36. The lowest BCUT2D eigenvalue weighted by Gasteiger charge is -2.14. The zero-order valence-electron chi connectivity index (χ0n) is 15.1. The Labute approximate surface area is 161 Å². The van der Waals surface area contributed by atoms with E-state index in [0.717, 1.165) is 4.90 Å². The Balaban J connectivity index is 1.48. The first-order valence-corrected chi connectivity index (χ1v) is 8.63. The molecule has 0 unspecified atom stereocenters. The molecule has 1 aliphatic heterocycles. The second kappa shape index (κ2) is 8.34. The van der Waals surface area contributed by atoms with E-state index in [4.69, 9.17) is 9.47 Å². The molecule has 0 spiro atoms. The molecule has 3 rings (SSSR count). The normalized spacial score (nSPS) is 12.5. The number of nitrogens with zero attached hydrogens (tertiary/aromatic N) is 1. The number of imide groups is 1. The van der Waals surface area contributed by atoms with Gasteiger partial charge in [0.15, 0.2) is 6.73 Å². The highest BCUT2D eigenvalue weighted by Crippen LogP contribution is 2.22. The van der Waals surface area contributed by atoms with E-state index in [-0.39, 0.29) is 11.1 Å². The van der Waals surface area contributed by atoms with Crippen LogP contribution in [0.4, 0.5) is 0 Å². The van der Waals surface area contributed by atoms with Gasteiger partial charge in [-0.05, 0) is 43.3 Å². The fraction of sp³-hybridized carbons (Fsp3) is 0.200. The van der Waals surface area contributed by atoms with Crippen molar-refractivity contribution in [2.75, 3.05) is 19.9 Å². The fourth-order valence-corrected chi connectivity index (χ4v) is 2.67. The zero-order valence-corrected chi connectivity index (χ0v) is 15.1. The molecule has 0 aliphatic carbocycles. The minimum Gasteiger partial charge on any atom is -0.494 e. The summed E-state index contributed by atoms with van der Waals surface area (Å²) in [4.78, 5) is 49.1. The van der Waals surface area contributed by atoms with E-state index in [1.165, 1.54) is 12.1 Å². The Hall–Kier alpha value is -3.68. The van der Waals surface area contributed by atoms with Crippen molar-refractivity contribution in [3.63, 3.8) is 0 Å². The number of benzene rings is 2. The molecule has 1 heterocycles. The monoisotopic (exact) mass is 382 g/mol. The van der Waals surface area contributed by atoms with Crippen LogP contribution in [-0.4, -0.2) is 48.5 Å². The molecule has 0 fully saturated rings. The van der Waals surface area contributed by atoms with Gasteiger partial charge in [-0.15, -0.1) is 0 Å².